The first-order valence-electron chi connectivity index (χ1n) is 4.91. The minimum absolute atomic E-state index is 0.158. The first-order valence-corrected chi connectivity index (χ1v) is 4.91. The molecule has 0 spiro atoms. The van der Waals surface area contributed by atoms with Crippen molar-refractivity contribution in [2.75, 3.05) is 32.5 Å². The van der Waals surface area contributed by atoms with Gasteiger partial charge in [-0.1, -0.05) is 6.07 Å². The number of aromatic nitrogens is 1. The predicted octanol–water partition coefficient (Wildman–Crippen LogP) is 0.904. The molecule has 2 N–H and O–H groups in total. The van der Waals surface area contributed by atoms with Gasteiger partial charge in [0.05, 0.1) is 0 Å². The Kier molecular flexibility index (Phi) is 4.50. The number of anilines is 1. The summed E-state index contributed by atoms with van der Waals surface area (Å²) < 4.78 is 12.7. The molecule has 1 aromatic heterocycles. The Hall–Kier alpha value is -1.85. The van der Waals surface area contributed by atoms with E-state index >= 15 is 0 Å². The van der Waals surface area contributed by atoms with Crippen molar-refractivity contribution in [3.05, 3.63) is 24.1 Å². The highest BCUT2D eigenvalue weighted by atomic mass is 19.1. The van der Waals surface area contributed by atoms with Gasteiger partial charge in [-0.05, 0) is 12.1 Å². The average Bonchev–Trinajstić information content (AvgIpc) is 2.24. The first kappa shape index (κ1) is 12.2. The van der Waals surface area contributed by atoms with E-state index in [0.29, 0.717) is 18.9 Å². The van der Waals surface area contributed by atoms with Crippen molar-refractivity contribution in [1.29, 1.82) is 0 Å². The molecule has 5 nitrogen and oxygen atoms in total. The largest absolute Gasteiger partial charge is 0.368 e. The Morgan fingerprint density at radius 3 is 2.81 bits per heavy atom. The molecule has 1 heterocycles. The van der Waals surface area contributed by atoms with Gasteiger partial charge in [0, 0.05) is 27.2 Å². The van der Waals surface area contributed by atoms with E-state index < -0.39 is 5.95 Å². The molecule has 0 bridgehead atoms. The van der Waals surface area contributed by atoms with Crippen molar-refractivity contribution in [3.63, 3.8) is 0 Å². The van der Waals surface area contributed by atoms with Crippen LogP contribution in [0, 0.1) is 5.95 Å². The summed E-state index contributed by atoms with van der Waals surface area (Å²) in [6.45, 7) is 0.950. The molecule has 0 radical (unpaired) electrons. The fraction of sp³-hybridized carbons (Fsp3) is 0.400. The van der Waals surface area contributed by atoms with Crippen LogP contribution >= 0.6 is 0 Å². The second-order valence-corrected chi connectivity index (χ2v) is 3.40. The van der Waals surface area contributed by atoms with Gasteiger partial charge in [0.15, 0.2) is 0 Å². The summed E-state index contributed by atoms with van der Waals surface area (Å²) >= 11 is 0. The van der Waals surface area contributed by atoms with Crippen LogP contribution in [0.15, 0.2) is 18.2 Å². The Balaban J connectivity index is 2.23. The van der Waals surface area contributed by atoms with Crippen LogP contribution < -0.4 is 10.6 Å². The van der Waals surface area contributed by atoms with E-state index in [1.165, 1.54) is 11.0 Å². The highest BCUT2D eigenvalue weighted by molar-refractivity contribution is 5.73. The van der Waals surface area contributed by atoms with Crippen LogP contribution in [0.4, 0.5) is 15.0 Å². The molecular formula is C10H15FN4O. The monoisotopic (exact) mass is 226 g/mol. The average molecular weight is 226 g/mol. The highest BCUT2D eigenvalue weighted by Gasteiger charge is 2.01. The van der Waals surface area contributed by atoms with Crippen molar-refractivity contribution in [2.45, 2.75) is 0 Å². The molecule has 0 fully saturated rings. The zero-order chi connectivity index (χ0) is 12.0. The van der Waals surface area contributed by atoms with Crippen LogP contribution in [-0.4, -0.2) is 43.1 Å². The summed E-state index contributed by atoms with van der Waals surface area (Å²) in [6, 6.07) is 4.35. The van der Waals surface area contributed by atoms with Crippen LogP contribution in [0.3, 0.4) is 0 Å². The van der Waals surface area contributed by atoms with E-state index in [1.54, 1.807) is 26.2 Å². The molecule has 0 aromatic carbocycles. The Morgan fingerprint density at radius 2 is 2.19 bits per heavy atom. The molecule has 2 amide bonds. The van der Waals surface area contributed by atoms with E-state index in [2.05, 4.69) is 15.6 Å². The normalized spacial score (nSPS) is 9.69. The molecule has 16 heavy (non-hydrogen) atoms. The maximum atomic E-state index is 12.7. The van der Waals surface area contributed by atoms with Gasteiger partial charge in [-0.25, -0.2) is 9.78 Å². The number of urea groups is 1. The predicted molar refractivity (Wildman–Crippen MR) is 59.8 cm³/mol. The Bertz CT molecular complexity index is 356. The van der Waals surface area contributed by atoms with Crippen LogP contribution in [0.25, 0.3) is 0 Å². The number of carbonyl (C=O) groups excluding carboxylic acids is 1. The van der Waals surface area contributed by atoms with Crippen LogP contribution in [0.1, 0.15) is 0 Å². The lowest BCUT2D eigenvalue weighted by molar-refractivity contribution is 0.218. The van der Waals surface area contributed by atoms with Gasteiger partial charge < -0.3 is 15.5 Å². The van der Waals surface area contributed by atoms with E-state index in [-0.39, 0.29) is 6.03 Å². The molecule has 0 saturated heterocycles. The number of hydrogen-bond acceptors (Lipinski definition) is 3. The van der Waals surface area contributed by atoms with Crippen LogP contribution in [0.5, 0.6) is 0 Å². The molecule has 1 rings (SSSR count). The van der Waals surface area contributed by atoms with Gasteiger partial charge in [-0.15, -0.1) is 0 Å². The molecule has 6 heteroatoms. The quantitative estimate of drug-likeness (QED) is 0.592. The zero-order valence-electron chi connectivity index (χ0n) is 9.33. The van der Waals surface area contributed by atoms with Crippen LogP contribution in [0.2, 0.25) is 0 Å². The molecule has 0 aliphatic heterocycles. The third kappa shape index (κ3) is 4.12. The minimum Gasteiger partial charge on any atom is -0.368 e. The fourth-order valence-electron chi connectivity index (χ4n) is 1.02. The van der Waals surface area contributed by atoms with Gasteiger partial charge in [0.1, 0.15) is 5.82 Å². The molecule has 0 aliphatic carbocycles. The zero-order valence-corrected chi connectivity index (χ0v) is 9.33. The van der Waals surface area contributed by atoms with Crippen LogP contribution in [-0.2, 0) is 0 Å². The molecule has 0 atom stereocenters. The third-order valence-corrected chi connectivity index (χ3v) is 1.83. The van der Waals surface area contributed by atoms with Gasteiger partial charge in [-0.3, -0.25) is 0 Å². The number of nitrogens with zero attached hydrogens (tertiary/aromatic N) is 2. The van der Waals surface area contributed by atoms with Gasteiger partial charge in [0.2, 0.25) is 5.95 Å². The summed E-state index contributed by atoms with van der Waals surface area (Å²) in [5, 5.41) is 5.57. The van der Waals surface area contributed by atoms with Crippen molar-refractivity contribution in [3.8, 4) is 0 Å². The lowest BCUT2D eigenvalue weighted by Gasteiger charge is -2.12. The number of pyridine rings is 1. The van der Waals surface area contributed by atoms with E-state index in [9.17, 15) is 9.18 Å². The number of nitrogens with one attached hydrogen (secondary N) is 2. The van der Waals surface area contributed by atoms with E-state index in [1.807, 2.05) is 0 Å². The molecule has 0 saturated carbocycles. The highest BCUT2D eigenvalue weighted by Crippen LogP contribution is 2.01. The molecule has 88 valence electrons. The smallest absolute Gasteiger partial charge is 0.316 e. The van der Waals surface area contributed by atoms with Crippen molar-refractivity contribution in [2.24, 2.45) is 0 Å². The number of amides is 2. The summed E-state index contributed by atoms with van der Waals surface area (Å²) in [5.74, 6) is -0.0681. The van der Waals surface area contributed by atoms with E-state index in [4.69, 9.17) is 0 Å². The Labute approximate surface area is 93.7 Å². The summed E-state index contributed by atoms with van der Waals surface area (Å²) in [7, 11) is 3.33. The Morgan fingerprint density at radius 1 is 1.44 bits per heavy atom. The maximum Gasteiger partial charge on any atom is 0.316 e. The number of halogens is 1. The standard InChI is InChI=1S/C10H15FN4O/c1-15(2)10(16)13-7-6-12-9-5-3-4-8(11)14-9/h3-5H,6-7H2,1-2H3,(H,12,14)(H,13,16). The number of rotatable bonds is 4. The van der Waals surface area contributed by atoms with Crippen molar-refractivity contribution >= 4 is 11.8 Å². The first-order chi connectivity index (χ1) is 7.59. The van der Waals surface area contributed by atoms with Gasteiger partial charge >= 0.3 is 6.03 Å². The topological polar surface area (TPSA) is 57.3 Å². The molecule has 0 unspecified atom stereocenters. The SMILES string of the molecule is CN(C)C(=O)NCCNc1cccc(F)n1. The maximum absolute atomic E-state index is 12.7. The summed E-state index contributed by atoms with van der Waals surface area (Å²) in [4.78, 5) is 16.2. The number of hydrogen-bond donors (Lipinski definition) is 2. The molecule has 1 aromatic rings. The summed E-state index contributed by atoms with van der Waals surface area (Å²) in [5.41, 5.74) is 0. The molecular weight excluding hydrogens is 211 g/mol. The van der Waals surface area contributed by atoms with E-state index in [0.717, 1.165) is 0 Å². The lowest BCUT2D eigenvalue weighted by atomic mass is 10.4. The van der Waals surface area contributed by atoms with Crippen molar-refractivity contribution in [1.82, 2.24) is 15.2 Å². The van der Waals surface area contributed by atoms with Crippen molar-refractivity contribution < 1.29 is 9.18 Å². The van der Waals surface area contributed by atoms with Gasteiger partial charge in [-0.2, -0.15) is 4.39 Å². The second-order valence-electron chi connectivity index (χ2n) is 3.40. The number of carbonyl (C=O) groups is 1. The second kappa shape index (κ2) is 5.89. The summed E-state index contributed by atoms with van der Waals surface area (Å²) in [6.07, 6.45) is 0. The molecule has 0 aliphatic rings. The lowest BCUT2D eigenvalue weighted by Crippen LogP contribution is -2.37. The minimum atomic E-state index is -0.526. The van der Waals surface area contributed by atoms with Gasteiger partial charge in [0.25, 0.3) is 0 Å². The third-order valence-electron chi connectivity index (χ3n) is 1.83. The fourth-order valence-corrected chi connectivity index (χ4v) is 1.02.